The second-order valence-electron chi connectivity index (χ2n) is 7.01. The van der Waals surface area contributed by atoms with Gasteiger partial charge in [0.2, 0.25) is 5.91 Å². The minimum absolute atomic E-state index is 0.0496. The van der Waals surface area contributed by atoms with E-state index in [2.05, 4.69) is 6.92 Å². The monoisotopic (exact) mass is 336 g/mol. The van der Waals surface area contributed by atoms with Crippen LogP contribution in [0.1, 0.15) is 39.0 Å². The summed E-state index contributed by atoms with van der Waals surface area (Å²) in [7, 11) is 0. The van der Waals surface area contributed by atoms with E-state index in [0.717, 1.165) is 32.4 Å². The van der Waals surface area contributed by atoms with Crippen LogP contribution in [0, 0.1) is 11.3 Å². The van der Waals surface area contributed by atoms with Gasteiger partial charge in [-0.3, -0.25) is 9.69 Å². The van der Waals surface area contributed by atoms with Gasteiger partial charge in [0.25, 0.3) is 0 Å². The first kappa shape index (κ1) is 18.5. The van der Waals surface area contributed by atoms with Crippen molar-refractivity contribution in [1.82, 2.24) is 9.80 Å². The fourth-order valence-electron chi connectivity index (χ4n) is 3.57. The van der Waals surface area contributed by atoms with Gasteiger partial charge in [-0.15, -0.1) is 0 Å². The molecule has 1 atom stereocenters. The molecule has 0 aliphatic carbocycles. The molecule has 23 heavy (non-hydrogen) atoms. The van der Waals surface area contributed by atoms with E-state index in [0.29, 0.717) is 13.0 Å². The van der Waals surface area contributed by atoms with Crippen LogP contribution in [-0.2, 0) is 4.79 Å². The van der Waals surface area contributed by atoms with Gasteiger partial charge in [0.15, 0.2) is 0 Å². The van der Waals surface area contributed by atoms with Gasteiger partial charge in [-0.1, -0.05) is 6.92 Å². The average Bonchev–Trinajstić information content (AvgIpc) is 2.55. The highest BCUT2D eigenvalue weighted by Gasteiger charge is 2.43. The van der Waals surface area contributed by atoms with Crippen molar-refractivity contribution in [3.63, 3.8) is 0 Å². The Hall–Kier alpha value is -0.820. The standard InChI is InChI=1S/C16H27F3N2O2/c1-2-15(12-22)5-8-20(9-6-15)11-14(23)21-7-3-4-13(10-21)16(17,18)19/h13,22H,2-12H2,1H3. The van der Waals surface area contributed by atoms with Crippen molar-refractivity contribution in [3.05, 3.63) is 0 Å². The third-order valence-electron chi connectivity index (χ3n) is 5.60. The predicted molar refractivity (Wildman–Crippen MR) is 80.8 cm³/mol. The molecular formula is C16H27F3N2O2. The molecule has 7 heteroatoms. The molecule has 0 radical (unpaired) electrons. The highest BCUT2D eigenvalue weighted by atomic mass is 19.4. The van der Waals surface area contributed by atoms with Crippen LogP contribution in [-0.4, -0.2) is 66.3 Å². The summed E-state index contributed by atoms with van der Waals surface area (Å²) >= 11 is 0. The van der Waals surface area contributed by atoms with Crippen LogP contribution in [0.15, 0.2) is 0 Å². The molecule has 1 amide bonds. The molecule has 2 fully saturated rings. The Morgan fingerprint density at radius 3 is 2.43 bits per heavy atom. The van der Waals surface area contributed by atoms with Gasteiger partial charge >= 0.3 is 6.18 Å². The van der Waals surface area contributed by atoms with E-state index in [1.807, 2.05) is 4.90 Å². The molecule has 2 aliphatic rings. The van der Waals surface area contributed by atoms with Crippen LogP contribution < -0.4 is 0 Å². The summed E-state index contributed by atoms with van der Waals surface area (Å²) in [6, 6.07) is 0. The SMILES string of the molecule is CCC1(CO)CCN(CC(=O)N2CCCC(C(F)(F)F)C2)CC1. The van der Waals surface area contributed by atoms with Crippen molar-refractivity contribution < 1.29 is 23.1 Å². The predicted octanol–water partition coefficient (Wildman–Crippen LogP) is 2.27. The normalized spacial score (nSPS) is 26.3. The van der Waals surface area contributed by atoms with Gasteiger partial charge in [-0.2, -0.15) is 13.2 Å². The zero-order valence-corrected chi connectivity index (χ0v) is 13.7. The number of aliphatic hydroxyl groups excluding tert-OH is 1. The number of piperidine rings is 2. The number of likely N-dealkylation sites (tertiary alicyclic amines) is 2. The van der Waals surface area contributed by atoms with Gasteiger partial charge in [0.1, 0.15) is 0 Å². The van der Waals surface area contributed by atoms with Crippen LogP contribution in [0.3, 0.4) is 0 Å². The Labute approximate surface area is 135 Å². The first-order chi connectivity index (χ1) is 10.8. The summed E-state index contributed by atoms with van der Waals surface area (Å²) in [5.41, 5.74) is -0.0496. The second-order valence-corrected chi connectivity index (χ2v) is 7.01. The Kier molecular flexibility index (Phi) is 5.94. The first-order valence-electron chi connectivity index (χ1n) is 8.47. The van der Waals surface area contributed by atoms with E-state index in [9.17, 15) is 23.1 Å². The zero-order chi connectivity index (χ0) is 17.1. The summed E-state index contributed by atoms with van der Waals surface area (Å²) in [4.78, 5) is 15.7. The third-order valence-corrected chi connectivity index (χ3v) is 5.60. The summed E-state index contributed by atoms with van der Waals surface area (Å²) < 4.78 is 38.5. The quantitative estimate of drug-likeness (QED) is 0.856. The highest BCUT2D eigenvalue weighted by Crippen LogP contribution is 2.35. The fourth-order valence-corrected chi connectivity index (χ4v) is 3.57. The second kappa shape index (κ2) is 7.38. The molecule has 1 N–H and O–H groups in total. The van der Waals surface area contributed by atoms with E-state index >= 15 is 0 Å². The number of carbonyl (C=O) groups is 1. The zero-order valence-electron chi connectivity index (χ0n) is 13.7. The number of aliphatic hydroxyl groups is 1. The van der Waals surface area contributed by atoms with E-state index in [1.165, 1.54) is 4.90 Å². The fraction of sp³-hybridized carbons (Fsp3) is 0.938. The molecule has 1 unspecified atom stereocenters. The minimum atomic E-state index is -4.22. The lowest BCUT2D eigenvalue weighted by atomic mass is 9.77. The Morgan fingerprint density at radius 2 is 1.91 bits per heavy atom. The Morgan fingerprint density at radius 1 is 1.26 bits per heavy atom. The van der Waals surface area contributed by atoms with Gasteiger partial charge < -0.3 is 10.0 Å². The van der Waals surface area contributed by atoms with Gasteiger partial charge in [-0.05, 0) is 50.6 Å². The summed E-state index contributed by atoms with van der Waals surface area (Å²) in [6.07, 6.45) is -1.11. The Balaban J connectivity index is 1.83. The van der Waals surface area contributed by atoms with Crippen LogP contribution in [0.25, 0.3) is 0 Å². The van der Waals surface area contributed by atoms with Crippen molar-refractivity contribution in [1.29, 1.82) is 0 Å². The number of nitrogens with zero attached hydrogens (tertiary/aromatic N) is 2. The smallest absolute Gasteiger partial charge is 0.393 e. The number of rotatable bonds is 4. The molecule has 0 spiro atoms. The van der Waals surface area contributed by atoms with Gasteiger partial charge in [0.05, 0.1) is 12.5 Å². The number of amides is 1. The summed E-state index contributed by atoms with van der Waals surface area (Å²) in [6.45, 7) is 4.07. The summed E-state index contributed by atoms with van der Waals surface area (Å²) in [5, 5.41) is 9.52. The van der Waals surface area contributed by atoms with Gasteiger partial charge in [0, 0.05) is 19.7 Å². The number of hydrogen-bond acceptors (Lipinski definition) is 3. The largest absolute Gasteiger partial charge is 0.396 e. The van der Waals surface area contributed by atoms with Crippen molar-refractivity contribution in [2.24, 2.45) is 11.3 Å². The van der Waals surface area contributed by atoms with Crippen molar-refractivity contribution in [2.45, 2.75) is 45.2 Å². The topological polar surface area (TPSA) is 43.8 Å². The van der Waals surface area contributed by atoms with Gasteiger partial charge in [-0.25, -0.2) is 0 Å². The lowest BCUT2D eigenvalue weighted by Crippen LogP contribution is -2.50. The van der Waals surface area contributed by atoms with Crippen LogP contribution in [0.4, 0.5) is 13.2 Å². The van der Waals surface area contributed by atoms with E-state index in [4.69, 9.17) is 0 Å². The lowest BCUT2D eigenvalue weighted by Gasteiger charge is -2.41. The molecule has 0 aromatic rings. The molecule has 134 valence electrons. The van der Waals surface area contributed by atoms with Crippen molar-refractivity contribution in [3.8, 4) is 0 Å². The molecule has 0 saturated carbocycles. The molecule has 0 bridgehead atoms. The van der Waals surface area contributed by atoms with E-state index in [1.54, 1.807) is 0 Å². The van der Waals surface area contributed by atoms with Crippen LogP contribution in [0.5, 0.6) is 0 Å². The van der Waals surface area contributed by atoms with E-state index < -0.39 is 12.1 Å². The Bertz CT molecular complexity index is 401. The first-order valence-corrected chi connectivity index (χ1v) is 8.47. The van der Waals surface area contributed by atoms with Crippen LogP contribution >= 0.6 is 0 Å². The molecule has 2 aliphatic heterocycles. The number of hydrogen-bond donors (Lipinski definition) is 1. The maximum absolute atomic E-state index is 12.8. The molecule has 2 saturated heterocycles. The van der Waals surface area contributed by atoms with Crippen molar-refractivity contribution in [2.75, 3.05) is 39.3 Å². The van der Waals surface area contributed by atoms with E-state index in [-0.39, 0.29) is 37.4 Å². The summed E-state index contributed by atoms with van der Waals surface area (Å²) in [5.74, 6) is -1.59. The lowest BCUT2D eigenvalue weighted by molar-refractivity contribution is -0.188. The molecule has 2 heterocycles. The maximum atomic E-state index is 12.8. The minimum Gasteiger partial charge on any atom is -0.396 e. The molecule has 0 aromatic heterocycles. The molecular weight excluding hydrogens is 309 g/mol. The number of alkyl halides is 3. The number of carbonyl (C=O) groups excluding carboxylic acids is 1. The van der Waals surface area contributed by atoms with Crippen LogP contribution in [0.2, 0.25) is 0 Å². The number of halogens is 3. The highest BCUT2D eigenvalue weighted by molar-refractivity contribution is 5.78. The molecule has 2 rings (SSSR count). The third kappa shape index (κ3) is 4.59. The molecule has 0 aromatic carbocycles. The molecule has 4 nitrogen and oxygen atoms in total. The van der Waals surface area contributed by atoms with Crippen molar-refractivity contribution >= 4 is 5.91 Å². The maximum Gasteiger partial charge on any atom is 0.393 e. The average molecular weight is 336 g/mol.